The maximum absolute atomic E-state index is 13.6. The van der Waals surface area contributed by atoms with E-state index in [1.807, 2.05) is 6.92 Å². The van der Waals surface area contributed by atoms with Crippen molar-refractivity contribution in [2.24, 2.45) is 11.7 Å². The number of nitrogens with two attached hydrogens (primary N) is 1. The molecule has 1 aromatic rings. The molecule has 0 spiro atoms. The predicted molar refractivity (Wildman–Crippen MR) is 64.2 cm³/mol. The van der Waals surface area contributed by atoms with Gasteiger partial charge in [0.25, 0.3) is 5.91 Å². The van der Waals surface area contributed by atoms with Crippen LogP contribution >= 0.6 is 0 Å². The van der Waals surface area contributed by atoms with E-state index in [4.69, 9.17) is 5.73 Å². The SMILES string of the molecule is Cc1ccc(F)c(C(=O)N2CC[C@@H](CN)C2)c1. The van der Waals surface area contributed by atoms with E-state index in [1.54, 1.807) is 17.0 Å². The van der Waals surface area contributed by atoms with Crippen LogP contribution in [-0.2, 0) is 0 Å². The molecule has 2 N–H and O–H groups in total. The zero-order valence-corrected chi connectivity index (χ0v) is 9.95. The first-order chi connectivity index (χ1) is 8.11. The fraction of sp³-hybridized carbons (Fsp3) is 0.462. The van der Waals surface area contributed by atoms with E-state index < -0.39 is 5.82 Å². The lowest BCUT2D eigenvalue weighted by molar-refractivity contribution is 0.0783. The van der Waals surface area contributed by atoms with Gasteiger partial charge < -0.3 is 10.6 Å². The quantitative estimate of drug-likeness (QED) is 0.847. The van der Waals surface area contributed by atoms with E-state index in [0.29, 0.717) is 25.6 Å². The zero-order chi connectivity index (χ0) is 12.4. The number of aryl methyl sites for hydroxylation is 1. The second-order valence-electron chi connectivity index (χ2n) is 4.62. The lowest BCUT2D eigenvalue weighted by Crippen LogP contribution is -2.30. The molecular formula is C13H17FN2O. The fourth-order valence-electron chi connectivity index (χ4n) is 2.18. The Hall–Kier alpha value is -1.42. The van der Waals surface area contributed by atoms with Gasteiger partial charge in [0.05, 0.1) is 5.56 Å². The van der Waals surface area contributed by atoms with E-state index in [0.717, 1.165) is 12.0 Å². The molecule has 0 aromatic heterocycles. The number of nitrogens with zero attached hydrogens (tertiary/aromatic N) is 1. The molecular weight excluding hydrogens is 219 g/mol. The Bertz CT molecular complexity index is 433. The summed E-state index contributed by atoms with van der Waals surface area (Å²) in [5.41, 5.74) is 6.64. The first-order valence-corrected chi connectivity index (χ1v) is 5.87. The first kappa shape index (κ1) is 12.0. The maximum Gasteiger partial charge on any atom is 0.256 e. The van der Waals surface area contributed by atoms with Crippen LogP contribution in [-0.4, -0.2) is 30.4 Å². The molecule has 0 saturated carbocycles. The van der Waals surface area contributed by atoms with E-state index in [2.05, 4.69) is 0 Å². The Labute approximate surface area is 100 Å². The Morgan fingerprint density at radius 1 is 1.59 bits per heavy atom. The smallest absolute Gasteiger partial charge is 0.256 e. The van der Waals surface area contributed by atoms with Crippen molar-refractivity contribution in [3.05, 3.63) is 35.1 Å². The Morgan fingerprint density at radius 3 is 3.00 bits per heavy atom. The zero-order valence-electron chi connectivity index (χ0n) is 9.95. The van der Waals surface area contributed by atoms with E-state index in [9.17, 15) is 9.18 Å². The monoisotopic (exact) mass is 236 g/mol. The summed E-state index contributed by atoms with van der Waals surface area (Å²) in [4.78, 5) is 13.8. The van der Waals surface area contributed by atoms with Gasteiger partial charge in [-0.25, -0.2) is 4.39 Å². The predicted octanol–water partition coefficient (Wildman–Crippen LogP) is 1.55. The summed E-state index contributed by atoms with van der Waals surface area (Å²) in [6.45, 7) is 3.75. The van der Waals surface area contributed by atoms with Crippen LogP contribution in [0.25, 0.3) is 0 Å². The summed E-state index contributed by atoms with van der Waals surface area (Å²) in [6.07, 6.45) is 0.912. The molecule has 0 radical (unpaired) electrons. The van der Waals surface area contributed by atoms with Gasteiger partial charge in [0, 0.05) is 13.1 Å². The number of halogens is 1. The first-order valence-electron chi connectivity index (χ1n) is 5.87. The largest absolute Gasteiger partial charge is 0.338 e. The number of hydrogen-bond acceptors (Lipinski definition) is 2. The highest BCUT2D eigenvalue weighted by Gasteiger charge is 2.27. The Kier molecular flexibility index (Phi) is 3.43. The third kappa shape index (κ3) is 2.47. The average Bonchev–Trinajstić information content (AvgIpc) is 2.80. The molecule has 3 nitrogen and oxygen atoms in total. The number of likely N-dealkylation sites (tertiary alicyclic amines) is 1. The maximum atomic E-state index is 13.6. The van der Waals surface area contributed by atoms with Crippen molar-refractivity contribution in [3.8, 4) is 0 Å². The summed E-state index contributed by atoms with van der Waals surface area (Å²) in [7, 11) is 0. The Morgan fingerprint density at radius 2 is 2.35 bits per heavy atom. The molecule has 1 saturated heterocycles. The number of rotatable bonds is 2. The second kappa shape index (κ2) is 4.84. The highest BCUT2D eigenvalue weighted by molar-refractivity contribution is 5.94. The molecule has 0 unspecified atom stereocenters. The summed E-state index contributed by atoms with van der Waals surface area (Å²) < 4.78 is 13.6. The molecule has 0 bridgehead atoms. The number of carbonyl (C=O) groups is 1. The van der Waals surface area contributed by atoms with Crippen LogP contribution in [0.4, 0.5) is 4.39 Å². The van der Waals surface area contributed by atoms with Gasteiger partial charge in [-0.2, -0.15) is 0 Å². The molecule has 1 fully saturated rings. The van der Waals surface area contributed by atoms with Gasteiger partial charge >= 0.3 is 0 Å². The summed E-state index contributed by atoms with van der Waals surface area (Å²) in [5.74, 6) is -0.314. The summed E-state index contributed by atoms with van der Waals surface area (Å²) in [6, 6.07) is 4.62. The lowest BCUT2D eigenvalue weighted by atomic mass is 10.1. The van der Waals surface area contributed by atoms with Crippen LogP contribution in [0.15, 0.2) is 18.2 Å². The lowest BCUT2D eigenvalue weighted by Gasteiger charge is -2.17. The highest BCUT2D eigenvalue weighted by Crippen LogP contribution is 2.19. The van der Waals surface area contributed by atoms with Gasteiger partial charge in [0.15, 0.2) is 0 Å². The summed E-state index contributed by atoms with van der Waals surface area (Å²) >= 11 is 0. The minimum absolute atomic E-state index is 0.169. The molecule has 2 rings (SSSR count). The van der Waals surface area contributed by atoms with E-state index in [1.165, 1.54) is 6.07 Å². The van der Waals surface area contributed by atoms with Crippen LogP contribution in [0.1, 0.15) is 22.3 Å². The van der Waals surface area contributed by atoms with Crippen LogP contribution in [0.5, 0.6) is 0 Å². The molecule has 17 heavy (non-hydrogen) atoms. The van der Waals surface area contributed by atoms with Crippen molar-refractivity contribution in [2.75, 3.05) is 19.6 Å². The third-order valence-corrected chi connectivity index (χ3v) is 3.26. The van der Waals surface area contributed by atoms with Gasteiger partial charge in [0.1, 0.15) is 5.82 Å². The van der Waals surface area contributed by atoms with Crippen molar-refractivity contribution in [1.29, 1.82) is 0 Å². The van der Waals surface area contributed by atoms with Gasteiger partial charge in [-0.05, 0) is 37.9 Å². The van der Waals surface area contributed by atoms with Crippen molar-refractivity contribution in [2.45, 2.75) is 13.3 Å². The van der Waals surface area contributed by atoms with Crippen LogP contribution in [0.3, 0.4) is 0 Å². The van der Waals surface area contributed by atoms with Gasteiger partial charge in [-0.1, -0.05) is 11.6 Å². The molecule has 1 amide bonds. The van der Waals surface area contributed by atoms with Gasteiger partial charge in [-0.15, -0.1) is 0 Å². The molecule has 1 aliphatic heterocycles. The van der Waals surface area contributed by atoms with Gasteiger partial charge in [0.2, 0.25) is 0 Å². The molecule has 1 aliphatic rings. The molecule has 1 aromatic carbocycles. The van der Waals surface area contributed by atoms with Gasteiger partial charge in [-0.3, -0.25) is 4.79 Å². The van der Waals surface area contributed by atoms with Crippen molar-refractivity contribution >= 4 is 5.91 Å². The normalized spacial score (nSPS) is 19.7. The average molecular weight is 236 g/mol. The van der Waals surface area contributed by atoms with E-state index >= 15 is 0 Å². The second-order valence-corrected chi connectivity index (χ2v) is 4.62. The number of amides is 1. The highest BCUT2D eigenvalue weighted by atomic mass is 19.1. The van der Waals surface area contributed by atoms with Crippen molar-refractivity contribution in [1.82, 2.24) is 4.90 Å². The number of benzene rings is 1. The molecule has 1 atom stereocenters. The minimum Gasteiger partial charge on any atom is -0.338 e. The van der Waals surface area contributed by atoms with E-state index in [-0.39, 0.29) is 11.5 Å². The third-order valence-electron chi connectivity index (χ3n) is 3.26. The fourth-order valence-corrected chi connectivity index (χ4v) is 2.18. The summed E-state index contributed by atoms with van der Waals surface area (Å²) in [5, 5.41) is 0. The van der Waals surface area contributed by atoms with Crippen LogP contribution in [0.2, 0.25) is 0 Å². The van der Waals surface area contributed by atoms with Crippen LogP contribution in [0, 0.1) is 18.7 Å². The number of hydrogen-bond donors (Lipinski definition) is 1. The molecule has 0 aliphatic carbocycles. The van der Waals surface area contributed by atoms with Crippen LogP contribution < -0.4 is 5.73 Å². The minimum atomic E-state index is -0.447. The molecule has 92 valence electrons. The van der Waals surface area contributed by atoms with Crippen molar-refractivity contribution < 1.29 is 9.18 Å². The topological polar surface area (TPSA) is 46.3 Å². The number of carbonyl (C=O) groups excluding carboxylic acids is 1. The standard InChI is InChI=1S/C13H17FN2O/c1-9-2-3-12(14)11(6-9)13(17)16-5-4-10(7-15)8-16/h2-3,6,10H,4-5,7-8,15H2,1H3/t10-/m0/s1. The van der Waals surface area contributed by atoms with Crippen molar-refractivity contribution in [3.63, 3.8) is 0 Å². The molecule has 1 heterocycles. The molecule has 4 heteroatoms. The Balaban J connectivity index is 2.17.